The molecule has 110 valence electrons. The Kier molecular flexibility index (Phi) is 3.28. The van der Waals surface area contributed by atoms with Gasteiger partial charge in [0, 0.05) is 38.0 Å². The van der Waals surface area contributed by atoms with Crippen LogP contribution in [0.15, 0.2) is 0 Å². The number of likely N-dealkylation sites (tertiary alicyclic amines) is 1. The molecule has 6 heteroatoms. The van der Waals surface area contributed by atoms with Crippen LogP contribution in [0.2, 0.25) is 0 Å². The lowest BCUT2D eigenvalue weighted by molar-refractivity contribution is -0.0706. The van der Waals surface area contributed by atoms with Crippen LogP contribution in [0.25, 0.3) is 0 Å². The zero-order valence-electron chi connectivity index (χ0n) is 11.6. The van der Waals surface area contributed by atoms with Crippen molar-refractivity contribution >= 4 is 6.09 Å². The number of aliphatic hydroxyl groups is 1. The van der Waals surface area contributed by atoms with Crippen LogP contribution < -0.4 is 0 Å². The van der Waals surface area contributed by atoms with E-state index in [1.54, 1.807) is 20.8 Å². The number of rotatable bonds is 1. The summed E-state index contributed by atoms with van der Waals surface area (Å²) in [6, 6.07) is 0. The predicted molar refractivity (Wildman–Crippen MR) is 65.0 cm³/mol. The monoisotopic (exact) mass is 277 g/mol. The van der Waals surface area contributed by atoms with E-state index >= 15 is 0 Å². The molecule has 0 bridgehead atoms. The fraction of sp³-hybridized carbons (Fsp3) is 0.923. The molecule has 1 atom stereocenters. The molecule has 0 aromatic rings. The summed E-state index contributed by atoms with van der Waals surface area (Å²) in [7, 11) is 0. The van der Waals surface area contributed by atoms with Crippen molar-refractivity contribution in [3.63, 3.8) is 0 Å². The minimum Gasteiger partial charge on any atom is -0.444 e. The highest BCUT2D eigenvalue weighted by molar-refractivity contribution is 5.69. The van der Waals surface area contributed by atoms with E-state index in [0.29, 0.717) is 0 Å². The molecule has 1 spiro atoms. The Bertz CT molecular complexity index is 373. The van der Waals surface area contributed by atoms with Crippen molar-refractivity contribution < 1.29 is 23.4 Å². The molecule has 2 aliphatic rings. The maximum atomic E-state index is 13.5. The minimum absolute atomic E-state index is 0.246. The van der Waals surface area contributed by atoms with Gasteiger partial charge in [-0.2, -0.15) is 0 Å². The molecular formula is C13H21F2NO3. The van der Waals surface area contributed by atoms with Gasteiger partial charge in [0.05, 0.1) is 0 Å². The van der Waals surface area contributed by atoms with Crippen LogP contribution in [0.1, 0.15) is 33.6 Å². The highest BCUT2D eigenvalue weighted by Crippen LogP contribution is 2.55. The highest BCUT2D eigenvalue weighted by Gasteiger charge is 2.62. The van der Waals surface area contributed by atoms with Crippen LogP contribution in [0.5, 0.6) is 0 Å². The summed E-state index contributed by atoms with van der Waals surface area (Å²) in [5.41, 5.74) is -1.22. The first kappa shape index (κ1) is 14.5. The Morgan fingerprint density at radius 3 is 2.47 bits per heavy atom. The lowest BCUT2D eigenvalue weighted by atomic mass is 9.72. The summed E-state index contributed by atoms with van der Waals surface area (Å²) in [4.78, 5) is 13.2. The Morgan fingerprint density at radius 2 is 2.00 bits per heavy atom. The van der Waals surface area contributed by atoms with Crippen LogP contribution in [-0.4, -0.2) is 47.3 Å². The van der Waals surface area contributed by atoms with Crippen molar-refractivity contribution in [1.29, 1.82) is 0 Å². The summed E-state index contributed by atoms with van der Waals surface area (Å²) in [5, 5.41) is 9.24. The second-order valence-corrected chi connectivity index (χ2v) is 6.82. The van der Waals surface area contributed by atoms with Crippen LogP contribution in [0.3, 0.4) is 0 Å². The summed E-state index contributed by atoms with van der Waals surface area (Å²) in [5.74, 6) is -3.16. The summed E-state index contributed by atoms with van der Waals surface area (Å²) in [6.45, 7) is 5.55. The lowest BCUT2D eigenvalue weighted by Gasteiger charge is -2.50. The van der Waals surface area contributed by atoms with Gasteiger partial charge >= 0.3 is 6.09 Å². The largest absolute Gasteiger partial charge is 0.444 e. The molecule has 2 rings (SSSR count). The number of aliphatic hydroxyl groups excluding tert-OH is 1. The summed E-state index contributed by atoms with van der Waals surface area (Å²) in [6.07, 6.45) is -0.999. The van der Waals surface area contributed by atoms with Crippen molar-refractivity contribution in [1.82, 2.24) is 4.90 Å². The van der Waals surface area contributed by atoms with Crippen molar-refractivity contribution in [3.8, 4) is 0 Å². The van der Waals surface area contributed by atoms with Crippen molar-refractivity contribution in [2.45, 2.75) is 45.1 Å². The van der Waals surface area contributed by atoms with Gasteiger partial charge in [0.15, 0.2) is 0 Å². The first-order valence-electron chi connectivity index (χ1n) is 6.54. The first-order chi connectivity index (χ1) is 8.57. The van der Waals surface area contributed by atoms with Gasteiger partial charge in [-0.15, -0.1) is 0 Å². The molecule has 1 unspecified atom stereocenters. The first-order valence-corrected chi connectivity index (χ1v) is 6.54. The van der Waals surface area contributed by atoms with E-state index in [-0.39, 0.29) is 32.5 Å². The maximum Gasteiger partial charge on any atom is 0.410 e. The highest BCUT2D eigenvalue weighted by atomic mass is 19.3. The molecule has 1 amide bonds. The molecule has 1 N–H and O–H groups in total. The molecule has 2 fully saturated rings. The van der Waals surface area contributed by atoms with Gasteiger partial charge in [0.25, 0.3) is 0 Å². The molecule has 1 heterocycles. The van der Waals surface area contributed by atoms with E-state index < -0.39 is 28.9 Å². The Morgan fingerprint density at radius 1 is 1.42 bits per heavy atom. The van der Waals surface area contributed by atoms with Gasteiger partial charge in [-0.05, 0) is 26.7 Å². The molecule has 0 aromatic carbocycles. The van der Waals surface area contributed by atoms with E-state index in [1.165, 1.54) is 4.90 Å². The normalized spacial score (nSPS) is 28.3. The molecule has 1 saturated carbocycles. The number of hydrogen-bond donors (Lipinski definition) is 1. The SMILES string of the molecule is CC(C)(C)OC(=O)N1CC2(C1)CC(F)(F)CC2CO. The van der Waals surface area contributed by atoms with Crippen molar-refractivity contribution in [2.24, 2.45) is 11.3 Å². The number of nitrogens with zero attached hydrogens (tertiary/aromatic N) is 1. The third-order valence-corrected chi connectivity index (χ3v) is 3.91. The van der Waals surface area contributed by atoms with Gasteiger partial charge in [0.1, 0.15) is 5.60 Å². The molecule has 1 saturated heterocycles. The lowest BCUT2D eigenvalue weighted by Crippen LogP contribution is -2.61. The number of carbonyl (C=O) groups excluding carboxylic acids is 1. The predicted octanol–water partition coefficient (Wildman–Crippen LogP) is 2.26. The molecular weight excluding hydrogens is 256 g/mol. The fourth-order valence-corrected chi connectivity index (χ4v) is 3.11. The Hall–Kier alpha value is -0.910. The second-order valence-electron chi connectivity index (χ2n) is 6.82. The molecule has 4 nitrogen and oxygen atoms in total. The number of hydrogen-bond acceptors (Lipinski definition) is 3. The molecule has 19 heavy (non-hydrogen) atoms. The summed E-state index contributed by atoms with van der Waals surface area (Å²) >= 11 is 0. The molecule has 0 radical (unpaired) electrons. The summed E-state index contributed by atoms with van der Waals surface area (Å²) < 4.78 is 32.1. The van der Waals surface area contributed by atoms with Crippen LogP contribution >= 0.6 is 0 Å². The van der Waals surface area contributed by atoms with Crippen molar-refractivity contribution in [3.05, 3.63) is 0 Å². The van der Waals surface area contributed by atoms with Crippen LogP contribution in [0.4, 0.5) is 13.6 Å². The fourth-order valence-electron chi connectivity index (χ4n) is 3.11. The molecule has 1 aliphatic heterocycles. The Balaban J connectivity index is 1.96. The van der Waals surface area contributed by atoms with Gasteiger partial charge in [0.2, 0.25) is 5.92 Å². The molecule has 0 aromatic heterocycles. The van der Waals surface area contributed by atoms with E-state index in [2.05, 4.69) is 0 Å². The van der Waals surface area contributed by atoms with Crippen molar-refractivity contribution in [2.75, 3.05) is 19.7 Å². The number of ether oxygens (including phenoxy) is 1. The smallest absolute Gasteiger partial charge is 0.410 e. The third kappa shape index (κ3) is 2.83. The topological polar surface area (TPSA) is 49.8 Å². The maximum absolute atomic E-state index is 13.5. The Labute approximate surface area is 111 Å². The van der Waals surface area contributed by atoms with E-state index in [9.17, 15) is 18.7 Å². The third-order valence-electron chi connectivity index (χ3n) is 3.91. The zero-order chi connectivity index (χ0) is 14.5. The quantitative estimate of drug-likeness (QED) is 0.800. The average molecular weight is 277 g/mol. The number of alkyl halides is 2. The standard InChI is InChI=1S/C13H21F2NO3/c1-11(2,3)19-10(18)16-7-12(8-16)6-13(14,15)4-9(12)5-17/h9,17H,4-8H2,1-3H3. The number of carbonyl (C=O) groups is 1. The number of amides is 1. The van der Waals surface area contributed by atoms with Gasteiger partial charge in [-0.3, -0.25) is 0 Å². The number of halogens is 2. The van der Waals surface area contributed by atoms with Gasteiger partial charge < -0.3 is 14.7 Å². The van der Waals surface area contributed by atoms with E-state index in [1.807, 2.05) is 0 Å². The van der Waals surface area contributed by atoms with E-state index in [0.717, 1.165) is 0 Å². The minimum atomic E-state index is -2.73. The van der Waals surface area contributed by atoms with Gasteiger partial charge in [-0.25, -0.2) is 13.6 Å². The second kappa shape index (κ2) is 4.30. The molecule has 1 aliphatic carbocycles. The van der Waals surface area contributed by atoms with Gasteiger partial charge in [-0.1, -0.05) is 0 Å². The van der Waals surface area contributed by atoms with Crippen LogP contribution in [0, 0.1) is 11.3 Å². The van der Waals surface area contributed by atoms with Crippen LogP contribution in [-0.2, 0) is 4.74 Å². The zero-order valence-corrected chi connectivity index (χ0v) is 11.6. The van der Waals surface area contributed by atoms with E-state index in [4.69, 9.17) is 4.74 Å². The average Bonchev–Trinajstić information content (AvgIpc) is 2.44.